The fourth-order valence-electron chi connectivity index (χ4n) is 3.91. The van der Waals surface area contributed by atoms with Gasteiger partial charge in [0.15, 0.2) is 0 Å². The molecule has 0 aromatic heterocycles. The molecule has 0 unspecified atom stereocenters. The van der Waals surface area contributed by atoms with Gasteiger partial charge in [-0.3, -0.25) is 4.79 Å². The van der Waals surface area contributed by atoms with Gasteiger partial charge in [-0.15, -0.1) is 0 Å². The SMILES string of the molecule is O=C(O)CCCCCCCCCCCCCCCCCc1c(O)cccc1C(=O)O. The van der Waals surface area contributed by atoms with Gasteiger partial charge in [0.05, 0.1) is 5.56 Å². The quantitative estimate of drug-likeness (QED) is 0.210. The maximum Gasteiger partial charge on any atom is 0.336 e. The van der Waals surface area contributed by atoms with Crippen LogP contribution in [-0.4, -0.2) is 27.3 Å². The fraction of sp³-hybridized carbons (Fsp3) is 0.680. The van der Waals surface area contributed by atoms with Gasteiger partial charge in [0.2, 0.25) is 0 Å². The van der Waals surface area contributed by atoms with Crippen molar-refractivity contribution >= 4 is 11.9 Å². The lowest BCUT2D eigenvalue weighted by Crippen LogP contribution is -2.02. The number of carboxylic acids is 2. The third-order valence-corrected chi connectivity index (χ3v) is 5.70. The molecule has 0 atom stereocenters. The van der Waals surface area contributed by atoms with Crippen LogP contribution < -0.4 is 0 Å². The molecule has 0 radical (unpaired) electrons. The Bertz CT molecular complexity index is 612. The van der Waals surface area contributed by atoms with Crippen LogP contribution in [0.15, 0.2) is 18.2 Å². The van der Waals surface area contributed by atoms with Crippen LogP contribution in [0.4, 0.5) is 0 Å². The molecule has 1 rings (SSSR count). The number of hydrogen-bond acceptors (Lipinski definition) is 3. The number of phenolic OH excluding ortho intramolecular Hbond substituents is 1. The maximum atomic E-state index is 11.2. The van der Waals surface area contributed by atoms with Gasteiger partial charge in [0.1, 0.15) is 5.75 Å². The molecule has 1 aromatic carbocycles. The van der Waals surface area contributed by atoms with Gasteiger partial charge in [0.25, 0.3) is 0 Å². The molecule has 0 aliphatic rings. The Balaban J connectivity index is 1.89. The van der Waals surface area contributed by atoms with E-state index in [1.807, 2.05) is 0 Å². The average Bonchev–Trinajstić information content (AvgIpc) is 2.70. The lowest BCUT2D eigenvalue weighted by molar-refractivity contribution is -0.137. The van der Waals surface area contributed by atoms with Gasteiger partial charge in [-0.2, -0.15) is 0 Å². The van der Waals surface area contributed by atoms with Crippen LogP contribution in [0.2, 0.25) is 0 Å². The highest BCUT2D eigenvalue weighted by atomic mass is 16.4. The summed E-state index contributed by atoms with van der Waals surface area (Å²) < 4.78 is 0. The van der Waals surface area contributed by atoms with E-state index >= 15 is 0 Å². The van der Waals surface area contributed by atoms with E-state index in [-0.39, 0.29) is 11.3 Å². The van der Waals surface area contributed by atoms with E-state index in [4.69, 9.17) is 5.11 Å². The molecule has 3 N–H and O–H groups in total. The van der Waals surface area contributed by atoms with Crippen molar-refractivity contribution in [2.24, 2.45) is 0 Å². The second kappa shape index (κ2) is 16.7. The third-order valence-electron chi connectivity index (χ3n) is 5.70. The number of unbranched alkanes of at least 4 members (excludes halogenated alkanes) is 14. The summed E-state index contributed by atoms with van der Waals surface area (Å²) in [5.41, 5.74) is 0.776. The van der Waals surface area contributed by atoms with Crippen LogP contribution in [0, 0.1) is 0 Å². The van der Waals surface area contributed by atoms with Crippen molar-refractivity contribution in [2.45, 2.75) is 109 Å². The van der Waals surface area contributed by atoms with Gasteiger partial charge in [-0.25, -0.2) is 4.79 Å². The van der Waals surface area contributed by atoms with E-state index in [1.165, 1.54) is 57.8 Å². The van der Waals surface area contributed by atoms with Crippen molar-refractivity contribution in [3.8, 4) is 5.75 Å². The van der Waals surface area contributed by atoms with Crippen molar-refractivity contribution in [2.75, 3.05) is 0 Å². The minimum atomic E-state index is -0.975. The first-order valence-corrected chi connectivity index (χ1v) is 11.8. The lowest BCUT2D eigenvalue weighted by atomic mass is 9.99. The zero-order valence-electron chi connectivity index (χ0n) is 18.4. The van der Waals surface area contributed by atoms with Crippen LogP contribution in [-0.2, 0) is 11.2 Å². The number of phenols is 1. The number of aliphatic carboxylic acids is 1. The Morgan fingerprint density at radius 1 is 0.633 bits per heavy atom. The second-order valence-electron chi connectivity index (χ2n) is 8.31. The molecule has 0 saturated carbocycles. The first kappa shape index (κ1) is 26.0. The molecule has 0 bridgehead atoms. The summed E-state index contributed by atoms with van der Waals surface area (Å²) in [5, 5.41) is 27.7. The summed E-state index contributed by atoms with van der Waals surface area (Å²) in [5.74, 6) is -1.57. The molecule has 0 fully saturated rings. The predicted octanol–water partition coefficient (Wildman–Crippen LogP) is 6.96. The standard InChI is InChI=1S/C25H40O5/c26-23-19-16-18-22(25(29)30)21(23)17-14-12-10-8-6-4-2-1-3-5-7-9-11-13-15-20-24(27)28/h16,18-19,26H,1-15,17,20H2,(H,27,28)(H,29,30). The van der Waals surface area contributed by atoms with E-state index in [2.05, 4.69) is 0 Å². The zero-order valence-corrected chi connectivity index (χ0v) is 18.4. The highest BCUT2D eigenvalue weighted by Gasteiger charge is 2.12. The fourth-order valence-corrected chi connectivity index (χ4v) is 3.91. The van der Waals surface area contributed by atoms with E-state index in [1.54, 1.807) is 18.2 Å². The Labute approximate surface area is 181 Å². The van der Waals surface area contributed by atoms with Gasteiger partial charge in [0, 0.05) is 12.0 Å². The smallest absolute Gasteiger partial charge is 0.336 e. The highest BCUT2D eigenvalue weighted by molar-refractivity contribution is 5.90. The summed E-state index contributed by atoms with van der Waals surface area (Å²) in [7, 11) is 0. The minimum Gasteiger partial charge on any atom is -0.508 e. The molecule has 5 nitrogen and oxygen atoms in total. The van der Waals surface area contributed by atoms with Crippen molar-refractivity contribution < 1.29 is 24.9 Å². The van der Waals surface area contributed by atoms with Gasteiger partial charge in [-0.05, 0) is 31.4 Å². The van der Waals surface area contributed by atoms with Crippen molar-refractivity contribution in [1.82, 2.24) is 0 Å². The largest absolute Gasteiger partial charge is 0.508 e. The molecule has 170 valence electrons. The Hall–Kier alpha value is -2.04. The number of benzene rings is 1. The Morgan fingerprint density at radius 3 is 1.50 bits per heavy atom. The zero-order chi connectivity index (χ0) is 22.0. The molecule has 0 spiro atoms. The monoisotopic (exact) mass is 420 g/mol. The molecule has 30 heavy (non-hydrogen) atoms. The summed E-state index contributed by atoms with van der Waals surface area (Å²) >= 11 is 0. The number of hydrogen-bond donors (Lipinski definition) is 3. The first-order chi connectivity index (χ1) is 14.5. The Morgan fingerprint density at radius 2 is 1.07 bits per heavy atom. The number of aromatic carboxylic acids is 1. The summed E-state index contributed by atoms with van der Waals surface area (Å²) in [4.78, 5) is 21.7. The molecule has 0 aliphatic heterocycles. The molecule has 0 aliphatic carbocycles. The topological polar surface area (TPSA) is 94.8 Å². The van der Waals surface area contributed by atoms with Crippen LogP contribution >= 0.6 is 0 Å². The predicted molar refractivity (Wildman–Crippen MR) is 120 cm³/mol. The first-order valence-electron chi connectivity index (χ1n) is 11.8. The molecular weight excluding hydrogens is 380 g/mol. The normalized spacial score (nSPS) is 10.9. The maximum absolute atomic E-state index is 11.2. The van der Waals surface area contributed by atoms with Gasteiger partial charge >= 0.3 is 11.9 Å². The van der Waals surface area contributed by atoms with Crippen LogP contribution in [0.1, 0.15) is 119 Å². The highest BCUT2D eigenvalue weighted by Crippen LogP contribution is 2.24. The van der Waals surface area contributed by atoms with E-state index < -0.39 is 11.9 Å². The minimum absolute atomic E-state index is 0.0908. The van der Waals surface area contributed by atoms with Crippen LogP contribution in [0.3, 0.4) is 0 Å². The number of carbonyl (C=O) groups is 2. The summed E-state index contributed by atoms with van der Waals surface area (Å²) in [6.45, 7) is 0. The number of rotatable bonds is 19. The van der Waals surface area contributed by atoms with Crippen molar-refractivity contribution in [3.05, 3.63) is 29.3 Å². The second-order valence-corrected chi connectivity index (χ2v) is 8.31. The summed E-state index contributed by atoms with van der Waals surface area (Å²) in [6, 6.07) is 4.69. The molecule has 0 saturated heterocycles. The average molecular weight is 421 g/mol. The van der Waals surface area contributed by atoms with E-state index in [0.29, 0.717) is 18.4 Å². The van der Waals surface area contributed by atoms with E-state index in [0.717, 1.165) is 38.5 Å². The van der Waals surface area contributed by atoms with Crippen molar-refractivity contribution in [3.63, 3.8) is 0 Å². The molecule has 1 aromatic rings. The molecular formula is C25H40O5. The third kappa shape index (κ3) is 12.5. The van der Waals surface area contributed by atoms with Crippen LogP contribution in [0.25, 0.3) is 0 Å². The van der Waals surface area contributed by atoms with Crippen LogP contribution in [0.5, 0.6) is 5.75 Å². The summed E-state index contributed by atoms with van der Waals surface area (Å²) in [6.07, 6.45) is 18.6. The molecule has 0 amide bonds. The Kier molecular flexibility index (Phi) is 14.5. The number of aromatic hydroxyl groups is 1. The molecule has 0 heterocycles. The van der Waals surface area contributed by atoms with E-state index in [9.17, 15) is 19.8 Å². The van der Waals surface area contributed by atoms with Gasteiger partial charge in [-0.1, -0.05) is 89.5 Å². The molecule has 5 heteroatoms. The number of carboxylic acid groups (broad SMARTS) is 2. The van der Waals surface area contributed by atoms with Gasteiger partial charge < -0.3 is 15.3 Å². The lowest BCUT2D eigenvalue weighted by Gasteiger charge is -2.08. The van der Waals surface area contributed by atoms with Crippen molar-refractivity contribution in [1.29, 1.82) is 0 Å².